The van der Waals surface area contributed by atoms with Crippen LogP contribution in [0.25, 0.3) is 5.65 Å². The number of rotatable bonds is 5. The van der Waals surface area contributed by atoms with E-state index in [0.29, 0.717) is 53.4 Å². The third-order valence-corrected chi connectivity index (χ3v) is 5.60. The van der Waals surface area contributed by atoms with E-state index in [1.165, 1.54) is 22.8 Å². The summed E-state index contributed by atoms with van der Waals surface area (Å²) in [6, 6.07) is 5.83. The average molecular weight is 452 g/mol. The predicted molar refractivity (Wildman–Crippen MR) is 117 cm³/mol. The number of nitrogens with zero attached hydrogens (tertiary/aromatic N) is 4. The third-order valence-electron chi connectivity index (χ3n) is 5.60. The minimum atomic E-state index is -0.480. The molecule has 1 aliphatic heterocycles. The van der Waals surface area contributed by atoms with Crippen LogP contribution in [-0.2, 0) is 0 Å². The van der Waals surface area contributed by atoms with Crippen LogP contribution in [0.2, 0.25) is 0 Å². The van der Waals surface area contributed by atoms with Crippen LogP contribution in [0, 0.1) is 23.1 Å². The zero-order valence-electron chi connectivity index (χ0n) is 17.7. The molecule has 1 fully saturated rings. The number of amides is 2. The zero-order chi connectivity index (χ0) is 22.9. The molecule has 5 rings (SSSR count). The summed E-state index contributed by atoms with van der Waals surface area (Å²) in [7, 11) is 1.72. The van der Waals surface area contributed by atoms with Crippen LogP contribution < -0.4 is 30.7 Å². The highest BCUT2D eigenvalue weighted by molar-refractivity contribution is 5.93. The molecule has 12 heteroatoms. The van der Waals surface area contributed by atoms with Crippen LogP contribution in [0.1, 0.15) is 12.8 Å². The lowest BCUT2D eigenvalue weighted by atomic mass is 9.81. The number of halogens is 1. The maximum atomic E-state index is 14.1. The summed E-state index contributed by atoms with van der Waals surface area (Å²) in [6.07, 6.45) is 3.02. The Kier molecular flexibility index (Phi) is 5.21. The van der Waals surface area contributed by atoms with Crippen LogP contribution >= 0.6 is 0 Å². The predicted octanol–water partition coefficient (Wildman–Crippen LogP) is 2.85. The summed E-state index contributed by atoms with van der Waals surface area (Å²) in [5.74, 6) is 1.02. The summed E-state index contributed by atoms with van der Waals surface area (Å²) >= 11 is 0. The lowest BCUT2D eigenvalue weighted by Gasteiger charge is -2.31. The number of nitriles is 1. The van der Waals surface area contributed by atoms with Gasteiger partial charge < -0.3 is 30.7 Å². The molecular formula is C21H21FN8O3. The van der Waals surface area contributed by atoms with E-state index in [9.17, 15) is 9.18 Å². The molecule has 1 aromatic carbocycles. The maximum absolute atomic E-state index is 14.1. The number of urea groups is 1. The number of aromatic nitrogens is 3. The highest BCUT2D eigenvalue weighted by atomic mass is 19.1. The van der Waals surface area contributed by atoms with Gasteiger partial charge in [-0.3, -0.25) is 0 Å². The third kappa shape index (κ3) is 3.89. The van der Waals surface area contributed by atoms with Gasteiger partial charge >= 0.3 is 6.03 Å². The molecule has 3 aromatic rings. The van der Waals surface area contributed by atoms with Gasteiger partial charge in [-0.2, -0.15) is 14.9 Å². The molecule has 4 N–H and O–H groups in total. The van der Waals surface area contributed by atoms with E-state index in [-0.39, 0.29) is 12.0 Å². The fourth-order valence-electron chi connectivity index (χ4n) is 3.80. The van der Waals surface area contributed by atoms with Crippen molar-refractivity contribution in [1.82, 2.24) is 19.9 Å². The molecule has 2 aromatic heterocycles. The van der Waals surface area contributed by atoms with Crippen LogP contribution in [0.3, 0.4) is 0 Å². The van der Waals surface area contributed by atoms with Gasteiger partial charge in [0.25, 0.3) is 0 Å². The van der Waals surface area contributed by atoms with Gasteiger partial charge in [0, 0.05) is 31.3 Å². The van der Waals surface area contributed by atoms with Gasteiger partial charge in [0.2, 0.25) is 0 Å². The fraction of sp³-hybridized carbons (Fsp3) is 0.333. The number of hydrogen-bond donors (Lipinski definition) is 4. The second-order valence-electron chi connectivity index (χ2n) is 7.69. The molecule has 1 aliphatic carbocycles. The monoisotopic (exact) mass is 452 g/mol. The average Bonchev–Trinajstić information content (AvgIpc) is 3.19. The molecule has 2 atom stereocenters. The molecule has 2 aliphatic rings. The lowest BCUT2D eigenvalue weighted by Crippen LogP contribution is -2.47. The van der Waals surface area contributed by atoms with E-state index in [2.05, 4.69) is 37.4 Å². The zero-order valence-corrected chi connectivity index (χ0v) is 17.7. The molecule has 1 saturated carbocycles. The van der Waals surface area contributed by atoms with E-state index in [0.717, 1.165) is 12.8 Å². The summed E-state index contributed by atoms with van der Waals surface area (Å²) < 4.78 is 26.8. The Morgan fingerprint density at radius 1 is 1.24 bits per heavy atom. The molecule has 170 valence electrons. The van der Waals surface area contributed by atoms with Gasteiger partial charge in [-0.05, 0) is 12.8 Å². The van der Waals surface area contributed by atoms with Crippen molar-refractivity contribution >= 4 is 34.7 Å². The topological polar surface area (TPSA) is 138 Å². The van der Waals surface area contributed by atoms with Gasteiger partial charge in [0.15, 0.2) is 17.1 Å². The minimum Gasteiger partial charge on any atom is -0.486 e. The van der Waals surface area contributed by atoms with Gasteiger partial charge in [-0.25, -0.2) is 14.2 Å². The number of fused-ring (bicyclic) bond motifs is 2. The second kappa shape index (κ2) is 8.34. The highest BCUT2D eigenvalue weighted by Crippen LogP contribution is 2.40. The number of carbonyl (C=O) groups excluding carboxylic acids is 1. The molecule has 3 heterocycles. The van der Waals surface area contributed by atoms with Crippen molar-refractivity contribution in [3.63, 3.8) is 0 Å². The second-order valence-corrected chi connectivity index (χ2v) is 7.69. The molecule has 2 amide bonds. The highest BCUT2D eigenvalue weighted by Gasteiger charge is 2.32. The smallest absolute Gasteiger partial charge is 0.319 e. The van der Waals surface area contributed by atoms with Crippen LogP contribution in [0.15, 0.2) is 24.4 Å². The maximum Gasteiger partial charge on any atom is 0.319 e. The molecule has 0 radical (unpaired) electrons. The molecule has 2 unspecified atom stereocenters. The minimum absolute atomic E-state index is 0.170. The Morgan fingerprint density at radius 3 is 2.85 bits per heavy atom. The van der Waals surface area contributed by atoms with E-state index >= 15 is 0 Å². The van der Waals surface area contributed by atoms with Crippen molar-refractivity contribution in [1.29, 1.82) is 5.26 Å². The van der Waals surface area contributed by atoms with Crippen molar-refractivity contribution in [3.05, 3.63) is 30.2 Å². The first kappa shape index (κ1) is 20.6. The SMILES string of the molecule is CNc1cc(Nc2cc(F)cc3c2OCCO3)nc2c(NC(=O)NC3CCC3C#N)cnn12. The molecule has 0 spiro atoms. The molecule has 11 nitrogen and oxygen atoms in total. The molecular weight excluding hydrogens is 431 g/mol. The van der Waals surface area contributed by atoms with Crippen LogP contribution in [-0.4, -0.2) is 46.9 Å². The summed E-state index contributed by atoms with van der Waals surface area (Å²) in [5.41, 5.74) is 1.11. The lowest BCUT2D eigenvalue weighted by molar-refractivity contribution is 0.172. The summed E-state index contributed by atoms with van der Waals surface area (Å²) in [5, 5.41) is 25.0. The van der Waals surface area contributed by atoms with E-state index in [4.69, 9.17) is 14.7 Å². The standard InChI is InChI=1S/C21H21FN8O3/c1-24-18-8-17(26-14-6-12(22)7-16-19(14)33-5-4-32-16)29-20-15(10-25-30(18)20)28-21(31)27-13-3-2-11(13)9-23/h6-8,10-11,13,24H,2-5H2,1H3,(H,26,29)(H2,27,28,31). The van der Waals surface area contributed by atoms with Crippen molar-refractivity contribution in [2.45, 2.75) is 18.9 Å². The Morgan fingerprint density at radius 2 is 2.09 bits per heavy atom. The number of anilines is 4. The Hall–Kier alpha value is -4.27. The van der Waals surface area contributed by atoms with Crippen molar-refractivity contribution in [2.24, 2.45) is 5.92 Å². The molecule has 0 saturated heterocycles. The fourth-order valence-corrected chi connectivity index (χ4v) is 3.80. The Labute approximate surface area is 187 Å². The summed E-state index contributed by atoms with van der Waals surface area (Å²) in [6.45, 7) is 0.688. The number of carbonyl (C=O) groups is 1. The van der Waals surface area contributed by atoms with Crippen molar-refractivity contribution < 1.29 is 18.7 Å². The first-order chi connectivity index (χ1) is 16.1. The first-order valence-electron chi connectivity index (χ1n) is 10.5. The van der Waals surface area contributed by atoms with Crippen molar-refractivity contribution in [3.8, 4) is 17.6 Å². The number of benzene rings is 1. The van der Waals surface area contributed by atoms with Gasteiger partial charge in [-0.1, -0.05) is 0 Å². The van der Waals surface area contributed by atoms with Crippen molar-refractivity contribution in [2.75, 3.05) is 36.2 Å². The van der Waals surface area contributed by atoms with Crippen LogP contribution in [0.4, 0.5) is 32.2 Å². The number of hydrogen-bond acceptors (Lipinski definition) is 8. The molecule has 0 bridgehead atoms. The molecule has 33 heavy (non-hydrogen) atoms. The van der Waals surface area contributed by atoms with E-state index in [1.807, 2.05) is 0 Å². The normalized spacial score (nSPS) is 18.7. The quantitative estimate of drug-likeness (QED) is 0.464. The largest absolute Gasteiger partial charge is 0.486 e. The number of ether oxygens (including phenoxy) is 2. The Balaban J connectivity index is 1.43. The van der Waals surface area contributed by atoms with Crippen LogP contribution in [0.5, 0.6) is 11.5 Å². The Bertz CT molecular complexity index is 1270. The first-order valence-corrected chi connectivity index (χ1v) is 10.5. The van der Waals surface area contributed by atoms with E-state index in [1.54, 1.807) is 13.1 Å². The number of nitrogens with one attached hydrogen (secondary N) is 4. The summed E-state index contributed by atoms with van der Waals surface area (Å²) in [4.78, 5) is 17.0. The van der Waals surface area contributed by atoms with Gasteiger partial charge in [0.1, 0.15) is 36.4 Å². The van der Waals surface area contributed by atoms with Gasteiger partial charge in [0.05, 0.1) is 23.9 Å². The van der Waals surface area contributed by atoms with E-state index < -0.39 is 11.8 Å². The van der Waals surface area contributed by atoms with Gasteiger partial charge in [-0.15, -0.1) is 0 Å².